The SMILES string of the molecule is CCc1noc(C)c1CNC(=O)NCc1cc(Br)cnc1OC. The molecule has 2 aromatic heterocycles. The summed E-state index contributed by atoms with van der Waals surface area (Å²) in [6, 6.07) is 1.57. The molecule has 0 aromatic carbocycles. The van der Waals surface area contributed by atoms with E-state index in [-0.39, 0.29) is 6.03 Å². The minimum Gasteiger partial charge on any atom is -0.481 e. The molecule has 0 aliphatic rings. The summed E-state index contributed by atoms with van der Waals surface area (Å²) in [6.45, 7) is 4.51. The van der Waals surface area contributed by atoms with Gasteiger partial charge in [0.2, 0.25) is 5.88 Å². The summed E-state index contributed by atoms with van der Waals surface area (Å²) in [5.74, 6) is 1.21. The molecule has 23 heavy (non-hydrogen) atoms. The van der Waals surface area contributed by atoms with Crippen LogP contribution in [-0.2, 0) is 19.5 Å². The third-order valence-corrected chi connectivity index (χ3v) is 3.79. The van der Waals surface area contributed by atoms with Gasteiger partial charge >= 0.3 is 6.03 Å². The molecular formula is C15H19BrN4O3. The van der Waals surface area contributed by atoms with Crippen LogP contribution in [0.2, 0.25) is 0 Å². The van der Waals surface area contributed by atoms with Gasteiger partial charge in [-0.25, -0.2) is 9.78 Å². The van der Waals surface area contributed by atoms with Crippen LogP contribution >= 0.6 is 15.9 Å². The van der Waals surface area contributed by atoms with E-state index in [9.17, 15) is 4.79 Å². The summed E-state index contributed by atoms with van der Waals surface area (Å²) >= 11 is 3.35. The highest BCUT2D eigenvalue weighted by Crippen LogP contribution is 2.19. The van der Waals surface area contributed by atoms with Gasteiger partial charge in [-0.3, -0.25) is 0 Å². The lowest BCUT2D eigenvalue weighted by Gasteiger charge is -2.10. The van der Waals surface area contributed by atoms with Crippen molar-refractivity contribution in [2.24, 2.45) is 0 Å². The molecule has 0 unspecified atom stereocenters. The number of amides is 2. The molecule has 2 aromatic rings. The molecule has 0 aliphatic heterocycles. The van der Waals surface area contributed by atoms with E-state index in [0.717, 1.165) is 33.5 Å². The zero-order chi connectivity index (χ0) is 16.8. The number of pyridine rings is 1. The van der Waals surface area contributed by atoms with E-state index in [2.05, 4.69) is 36.7 Å². The van der Waals surface area contributed by atoms with Gasteiger partial charge in [0, 0.05) is 34.9 Å². The molecule has 0 saturated carbocycles. The molecule has 2 amide bonds. The minimum absolute atomic E-state index is 0.283. The van der Waals surface area contributed by atoms with Crippen LogP contribution in [0, 0.1) is 6.92 Å². The fourth-order valence-electron chi connectivity index (χ4n) is 2.13. The van der Waals surface area contributed by atoms with E-state index >= 15 is 0 Å². The number of methoxy groups -OCH3 is 1. The van der Waals surface area contributed by atoms with Crippen LogP contribution < -0.4 is 15.4 Å². The van der Waals surface area contributed by atoms with Crippen molar-refractivity contribution in [3.05, 3.63) is 39.3 Å². The maximum Gasteiger partial charge on any atom is 0.315 e. The van der Waals surface area contributed by atoms with Gasteiger partial charge < -0.3 is 19.9 Å². The summed E-state index contributed by atoms with van der Waals surface area (Å²) in [7, 11) is 1.54. The minimum atomic E-state index is -0.283. The lowest BCUT2D eigenvalue weighted by molar-refractivity contribution is 0.240. The van der Waals surface area contributed by atoms with E-state index in [1.165, 1.54) is 0 Å². The van der Waals surface area contributed by atoms with Gasteiger partial charge in [-0.2, -0.15) is 0 Å². The molecule has 0 bridgehead atoms. The van der Waals surface area contributed by atoms with Gasteiger partial charge in [-0.1, -0.05) is 12.1 Å². The van der Waals surface area contributed by atoms with Gasteiger partial charge in [-0.05, 0) is 35.3 Å². The summed E-state index contributed by atoms with van der Waals surface area (Å²) < 4.78 is 11.1. The molecule has 0 fully saturated rings. The summed E-state index contributed by atoms with van der Waals surface area (Å²) in [4.78, 5) is 16.1. The number of carbonyl (C=O) groups is 1. The van der Waals surface area contributed by atoms with Gasteiger partial charge in [0.05, 0.1) is 12.8 Å². The first-order chi connectivity index (χ1) is 11.0. The first-order valence-corrected chi connectivity index (χ1v) is 7.98. The monoisotopic (exact) mass is 382 g/mol. The van der Waals surface area contributed by atoms with E-state index in [1.807, 2.05) is 19.9 Å². The number of nitrogens with zero attached hydrogens (tertiary/aromatic N) is 2. The molecule has 2 heterocycles. The standard InChI is InChI=1S/C15H19BrN4O3/c1-4-13-12(9(2)23-20-13)8-19-15(21)18-6-10-5-11(16)7-17-14(10)22-3/h5,7H,4,6,8H2,1-3H3,(H2,18,19,21). The van der Waals surface area contributed by atoms with Crippen molar-refractivity contribution in [2.75, 3.05) is 7.11 Å². The molecule has 0 atom stereocenters. The van der Waals surface area contributed by atoms with Crippen LogP contribution in [0.5, 0.6) is 5.88 Å². The first kappa shape index (κ1) is 17.3. The highest BCUT2D eigenvalue weighted by atomic mass is 79.9. The predicted molar refractivity (Wildman–Crippen MR) is 88.2 cm³/mol. The van der Waals surface area contributed by atoms with Crippen LogP contribution in [0.4, 0.5) is 4.79 Å². The fourth-order valence-corrected chi connectivity index (χ4v) is 2.51. The zero-order valence-electron chi connectivity index (χ0n) is 13.3. The van der Waals surface area contributed by atoms with Crippen LogP contribution in [0.3, 0.4) is 0 Å². The van der Waals surface area contributed by atoms with Crippen LogP contribution in [0.1, 0.15) is 29.5 Å². The van der Waals surface area contributed by atoms with Crippen molar-refractivity contribution in [1.82, 2.24) is 20.8 Å². The maximum atomic E-state index is 12.0. The second-order valence-corrected chi connectivity index (χ2v) is 5.79. The first-order valence-electron chi connectivity index (χ1n) is 7.19. The van der Waals surface area contributed by atoms with Crippen molar-refractivity contribution < 1.29 is 14.1 Å². The number of ether oxygens (including phenoxy) is 1. The molecule has 0 radical (unpaired) electrons. The molecule has 8 heteroatoms. The average Bonchev–Trinajstić information content (AvgIpc) is 2.91. The number of carbonyl (C=O) groups excluding carboxylic acids is 1. The Hall–Kier alpha value is -2.09. The molecule has 7 nitrogen and oxygen atoms in total. The van der Waals surface area contributed by atoms with E-state index in [0.29, 0.717) is 19.0 Å². The molecule has 0 saturated heterocycles. The van der Waals surface area contributed by atoms with Crippen molar-refractivity contribution in [3.63, 3.8) is 0 Å². The third kappa shape index (κ3) is 4.44. The second-order valence-electron chi connectivity index (χ2n) is 4.88. The Morgan fingerprint density at radius 1 is 1.39 bits per heavy atom. The van der Waals surface area contributed by atoms with E-state index in [1.54, 1.807) is 13.3 Å². The Morgan fingerprint density at radius 2 is 2.13 bits per heavy atom. The number of halogens is 1. The number of nitrogens with one attached hydrogen (secondary N) is 2. The van der Waals surface area contributed by atoms with Gasteiger partial charge in [0.25, 0.3) is 0 Å². The predicted octanol–water partition coefficient (Wildman–Crippen LogP) is 2.71. The van der Waals surface area contributed by atoms with Gasteiger partial charge in [0.1, 0.15) is 5.76 Å². The number of hydrogen-bond acceptors (Lipinski definition) is 5. The van der Waals surface area contributed by atoms with Crippen molar-refractivity contribution in [1.29, 1.82) is 0 Å². The molecule has 2 rings (SSSR count). The molecule has 0 spiro atoms. The molecule has 0 aliphatic carbocycles. The van der Waals surface area contributed by atoms with Crippen LogP contribution in [0.15, 0.2) is 21.3 Å². The quantitative estimate of drug-likeness (QED) is 0.801. The smallest absolute Gasteiger partial charge is 0.315 e. The largest absolute Gasteiger partial charge is 0.481 e. The highest BCUT2D eigenvalue weighted by Gasteiger charge is 2.12. The Balaban J connectivity index is 1.91. The summed E-state index contributed by atoms with van der Waals surface area (Å²) in [5, 5.41) is 9.54. The van der Waals surface area contributed by atoms with Crippen LogP contribution in [-0.4, -0.2) is 23.3 Å². The lowest BCUT2D eigenvalue weighted by Crippen LogP contribution is -2.35. The Bertz CT molecular complexity index is 687. The van der Waals surface area contributed by atoms with E-state index < -0.39 is 0 Å². The highest BCUT2D eigenvalue weighted by molar-refractivity contribution is 9.10. The number of aromatic nitrogens is 2. The van der Waals surface area contributed by atoms with Crippen molar-refractivity contribution in [2.45, 2.75) is 33.4 Å². The number of rotatable bonds is 6. The molecular weight excluding hydrogens is 364 g/mol. The zero-order valence-corrected chi connectivity index (χ0v) is 14.9. The number of urea groups is 1. The Labute approximate surface area is 142 Å². The van der Waals surface area contributed by atoms with Crippen LogP contribution in [0.25, 0.3) is 0 Å². The van der Waals surface area contributed by atoms with Crippen molar-refractivity contribution >= 4 is 22.0 Å². The molecule has 124 valence electrons. The lowest BCUT2D eigenvalue weighted by atomic mass is 10.1. The normalized spacial score (nSPS) is 10.4. The number of hydrogen-bond donors (Lipinski definition) is 2. The van der Waals surface area contributed by atoms with Gasteiger partial charge in [0.15, 0.2) is 0 Å². The van der Waals surface area contributed by atoms with Gasteiger partial charge in [-0.15, -0.1) is 0 Å². The Kier molecular flexibility index (Phi) is 5.97. The maximum absolute atomic E-state index is 12.0. The third-order valence-electron chi connectivity index (χ3n) is 3.35. The molecule has 2 N–H and O–H groups in total. The average molecular weight is 383 g/mol. The van der Waals surface area contributed by atoms with E-state index in [4.69, 9.17) is 9.26 Å². The van der Waals surface area contributed by atoms with Crippen molar-refractivity contribution in [3.8, 4) is 5.88 Å². The number of aryl methyl sites for hydroxylation is 2. The fraction of sp³-hybridized carbons (Fsp3) is 0.400. The summed E-state index contributed by atoms with van der Waals surface area (Å²) in [5.41, 5.74) is 2.57. The topological polar surface area (TPSA) is 89.3 Å². The summed E-state index contributed by atoms with van der Waals surface area (Å²) in [6.07, 6.45) is 2.40. The Morgan fingerprint density at radius 3 is 2.83 bits per heavy atom. The second kappa shape index (κ2) is 7.96.